The number of fused-ring (bicyclic) bond motifs is 1. The maximum Gasteiger partial charge on any atom is 0.414 e. The third-order valence-corrected chi connectivity index (χ3v) is 3.79. The number of nitrogens with zero attached hydrogens (tertiary/aromatic N) is 1. The lowest BCUT2D eigenvalue weighted by Gasteiger charge is -2.29. The summed E-state index contributed by atoms with van der Waals surface area (Å²) in [6.45, 7) is 1.16. The number of nitrogens with one attached hydrogen (secondary N) is 1. The summed E-state index contributed by atoms with van der Waals surface area (Å²) < 4.78 is 24.6. The minimum absolute atomic E-state index is 0.146. The molecule has 3 rings (SSSR count). The predicted octanol–water partition coefficient (Wildman–Crippen LogP) is 1.69. The van der Waals surface area contributed by atoms with Crippen molar-refractivity contribution in [3.05, 3.63) is 54.3 Å². The molecule has 1 amide bonds. The molecule has 3 N–H and O–H groups in total. The van der Waals surface area contributed by atoms with Gasteiger partial charge in [0.05, 0.1) is 6.54 Å². The van der Waals surface area contributed by atoms with Crippen molar-refractivity contribution in [3.63, 3.8) is 0 Å². The topological polar surface area (TPSA) is 125 Å². The lowest BCUT2D eigenvalue weighted by atomic mass is 10.2. The number of carboxylic acid groups (broad SMARTS) is 2. The van der Waals surface area contributed by atoms with Gasteiger partial charge in [-0.05, 0) is 37.4 Å². The molecule has 0 radical (unpaired) electrons. The molecule has 0 saturated carbocycles. The number of carboxylic acids is 2. The summed E-state index contributed by atoms with van der Waals surface area (Å²) in [4.78, 5) is 32.1. The first kappa shape index (κ1) is 22.6. The minimum atomic E-state index is -1.82. The van der Waals surface area contributed by atoms with Crippen molar-refractivity contribution in [2.75, 3.05) is 32.1 Å². The Labute approximate surface area is 171 Å². The summed E-state index contributed by atoms with van der Waals surface area (Å²) in [5.74, 6) is -2.79. The molecule has 30 heavy (non-hydrogen) atoms. The SMILES string of the molecule is CN(CC(=O)Nc1cccc(F)c1)CC1COc2ccccc2O1.O=C(O)C(=O)O. The summed E-state index contributed by atoms with van der Waals surface area (Å²) >= 11 is 0. The highest BCUT2D eigenvalue weighted by atomic mass is 19.1. The van der Waals surface area contributed by atoms with Crippen LogP contribution in [0, 0.1) is 5.82 Å². The summed E-state index contributed by atoms with van der Waals surface area (Å²) in [6, 6.07) is 13.3. The molecular formula is C20H21FN2O7. The van der Waals surface area contributed by atoms with Crippen LogP contribution in [0.1, 0.15) is 0 Å². The maximum absolute atomic E-state index is 13.1. The highest BCUT2D eigenvalue weighted by Gasteiger charge is 2.22. The Morgan fingerprint density at radius 3 is 2.40 bits per heavy atom. The zero-order chi connectivity index (χ0) is 22.1. The van der Waals surface area contributed by atoms with Crippen molar-refractivity contribution in [2.24, 2.45) is 0 Å². The highest BCUT2D eigenvalue weighted by molar-refractivity contribution is 6.27. The van der Waals surface area contributed by atoms with Gasteiger partial charge in [0.15, 0.2) is 11.5 Å². The molecule has 1 unspecified atom stereocenters. The van der Waals surface area contributed by atoms with E-state index in [1.54, 1.807) is 12.1 Å². The van der Waals surface area contributed by atoms with Crippen molar-refractivity contribution in [2.45, 2.75) is 6.10 Å². The van der Waals surface area contributed by atoms with E-state index in [4.69, 9.17) is 29.3 Å². The summed E-state index contributed by atoms with van der Waals surface area (Å²) in [5.41, 5.74) is 0.444. The number of likely N-dealkylation sites (N-methyl/N-ethyl adjacent to an activating group) is 1. The van der Waals surface area contributed by atoms with Crippen LogP contribution in [0.2, 0.25) is 0 Å². The first-order chi connectivity index (χ1) is 14.2. The van der Waals surface area contributed by atoms with Crippen LogP contribution in [0.25, 0.3) is 0 Å². The van der Waals surface area contributed by atoms with Crippen LogP contribution in [-0.4, -0.2) is 65.8 Å². The van der Waals surface area contributed by atoms with Gasteiger partial charge in [0, 0.05) is 12.2 Å². The molecule has 0 bridgehead atoms. The van der Waals surface area contributed by atoms with Gasteiger partial charge in [-0.3, -0.25) is 9.69 Å². The minimum Gasteiger partial charge on any atom is -0.486 e. The Morgan fingerprint density at radius 1 is 1.10 bits per heavy atom. The monoisotopic (exact) mass is 420 g/mol. The van der Waals surface area contributed by atoms with Crippen LogP contribution in [0.5, 0.6) is 11.5 Å². The predicted molar refractivity (Wildman–Crippen MR) is 104 cm³/mol. The molecule has 1 atom stereocenters. The van der Waals surface area contributed by atoms with Crippen LogP contribution in [0.4, 0.5) is 10.1 Å². The third-order valence-electron chi connectivity index (χ3n) is 3.79. The van der Waals surface area contributed by atoms with Crippen molar-refractivity contribution in [3.8, 4) is 11.5 Å². The Bertz CT molecular complexity index is 894. The summed E-state index contributed by atoms with van der Waals surface area (Å²) in [6.07, 6.45) is -0.146. The molecule has 160 valence electrons. The number of ether oxygens (including phenoxy) is 2. The van der Waals surface area contributed by atoms with E-state index in [0.29, 0.717) is 24.6 Å². The van der Waals surface area contributed by atoms with E-state index in [1.807, 2.05) is 36.2 Å². The molecule has 1 aliphatic heterocycles. The largest absolute Gasteiger partial charge is 0.486 e. The van der Waals surface area contributed by atoms with Gasteiger partial charge in [0.25, 0.3) is 0 Å². The maximum atomic E-state index is 13.1. The molecule has 0 spiro atoms. The molecule has 1 heterocycles. The highest BCUT2D eigenvalue weighted by Crippen LogP contribution is 2.30. The number of aliphatic carboxylic acids is 2. The molecule has 2 aromatic carbocycles. The number of amides is 1. The van der Waals surface area contributed by atoms with Gasteiger partial charge in [0.2, 0.25) is 5.91 Å². The molecule has 9 nitrogen and oxygen atoms in total. The summed E-state index contributed by atoms with van der Waals surface area (Å²) in [5, 5.41) is 17.5. The normalized spacial score (nSPS) is 14.3. The summed E-state index contributed by atoms with van der Waals surface area (Å²) in [7, 11) is 1.83. The number of para-hydroxylation sites is 2. The Balaban J connectivity index is 0.000000469. The second kappa shape index (κ2) is 10.8. The van der Waals surface area contributed by atoms with E-state index in [1.165, 1.54) is 12.1 Å². The van der Waals surface area contributed by atoms with E-state index >= 15 is 0 Å². The zero-order valence-corrected chi connectivity index (χ0v) is 16.1. The van der Waals surface area contributed by atoms with Gasteiger partial charge < -0.3 is 25.0 Å². The van der Waals surface area contributed by atoms with Gasteiger partial charge in [-0.1, -0.05) is 18.2 Å². The average Bonchev–Trinajstić information content (AvgIpc) is 2.68. The third kappa shape index (κ3) is 7.40. The van der Waals surface area contributed by atoms with Crippen LogP contribution in [-0.2, 0) is 14.4 Å². The average molecular weight is 420 g/mol. The van der Waals surface area contributed by atoms with Gasteiger partial charge in [-0.15, -0.1) is 0 Å². The molecule has 2 aromatic rings. The van der Waals surface area contributed by atoms with Gasteiger partial charge in [-0.2, -0.15) is 0 Å². The fourth-order valence-corrected chi connectivity index (χ4v) is 2.58. The number of carbonyl (C=O) groups excluding carboxylic acids is 1. The number of anilines is 1. The molecule has 0 aromatic heterocycles. The lowest BCUT2D eigenvalue weighted by molar-refractivity contribution is -0.159. The van der Waals surface area contributed by atoms with Crippen molar-refractivity contribution in [1.82, 2.24) is 4.90 Å². The fraction of sp³-hybridized carbons (Fsp3) is 0.250. The van der Waals surface area contributed by atoms with E-state index in [-0.39, 0.29) is 24.4 Å². The molecule has 1 aliphatic rings. The van der Waals surface area contributed by atoms with Crippen LogP contribution < -0.4 is 14.8 Å². The van der Waals surface area contributed by atoms with Gasteiger partial charge >= 0.3 is 11.9 Å². The number of hydrogen-bond acceptors (Lipinski definition) is 6. The number of benzene rings is 2. The van der Waals surface area contributed by atoms with E-state index < -0.39 is 11.9 Å². The standard InChI is InChI=1S/C18H19FN2O3.C2H2O4/c1-21(11-18(22)20-14-6-4-5-13(19)9-14)10-15-12-23-16-7-2-3-8-17(16)24-15;3-1(4)2(5)6/h2-9,15H,10-12H2,1H3,(H,20,22);(H,3,4)(H,5,6). The quantitative estimate of drug-likeness (QED) is 0.624. The van der Waals surface area contributed by atoms with E-state index in [2.05, 4.69) is 5.32 Å². The van der Waals surface area contributed by atoms with Crippen molar-refractivity contribution >= 4 is 23.5 Å². The first-order valence-corrected chi connectivity index (χ1v) is 8.83. The molecule has 10 heteroatoms. The number of carbonyl (C=O) groups is 3. The second-order valence-electron chi connectivity index (χ2n) is 6.36. The number of hydrogen-bond donors (Lipinski definition) is 3. The molecular weight excluding hydrogens is 399 g/mol. The Morgan fingerprint density at radius 2 is 1.77 bits per heavy atom. The molecule has 0 saturated heterocycles. The van der Waals surface area contributed by atoms with Crippen molar-refractivity contribution in [1.29, 1.82) is 0 Å². The Kier molecular flexibility index (Phi) is 8.12. The zero-order valence-electron chi connectivity index (χ0n) is 16.1. The van der Waals surface area contributed by atoms with Crippen LogP contribution >= 0.6 is 0 Å². The second-order valence-corrected chi connectivity index (χ2v) is 6.36. The van der Waals surface area contributed by atoms with Crippen LogP contribution in [0.15, 0.2) is 48.5 Å². The van der Waals surface area contributed by atoms with Gasteiger partial charge in [0.1, 0.15) is 18.5 Å². The number of rotatable bonds is 5. The first-order valence-electron chi connectivity index (χ1n) is 8.83. The lowest BCUT2D eigenvalue weighted by Crippen LogP contribution is -2.42. The van der Waals surface area contributed by atoms with Crippen LogP contribution in [0.3, 0.4) is 0 Å². The fourth-order valence-electron chi connectivity index (χ4n) is 2.58. The van der Waals surface area contributed by atoms with Crippen molar-refractivity contribution < 1.29 is 38.5 Å². The Hall–Kier alpha value is -3.66. The van der Waals surface area contributed by atoms with E-state index in [0.717, 1.165) is 5.75 Å². The van der Waals surface area contributed by atoms with E-state index in [9.17, 15) is 9.18 Å². The molecule has 0 fully saturated rings. The van der Waals surface area contributed by atoms with Gasteiger partial charge in [-0.25, -0.2) is 14.0 Å². The molecule has 0 aliphatic carbocycles. The smallest absolute Gasteiger partial charge is 0.414 e. The number of halogens is 1.